The first-order valence-electron chi connectivity index (χ1n) is 10.0. The lowest BCUT2D eigenvalue weighted by atomic mass is 10.2. The summed E-state index contributed by atoms with van der Waals surface area (Å²) in [5.74, 6) is 1.58. The second-order valence-electron chi connectivity index (χ2n) is 8.01. The molecule has 3 N–H and O–H groups in total. The number of fused-ring (bicyclic) bond motifs is 2. The molecule has 4 aromatic heterocycles. The molecule has 31 heavy (non-hydrogen) atoms. The van der Waals surface area contributed by atoms with E-state index in [9.17, 15) is 13.2 Å². The number of hydrogen-bond donors (Lipinski definition) is 2. The van der Waals surface area contributed by atoms with Gasteiger partial charge >= 0.3 is 6.18 Å². The number of pyridine rings is 1. The Morgan fingerprint density at radius 2 is 1.97 bits per heavy atom. The van der Waals surface area contributed by atoms with Gasteiger partial charge in [-0.05, 0) is 50.8 Å². The molecule has 8 nitrogen and oxygen atoms in total. The predicted molar refractivity (Wildman–Crippen MR) is 111 cm³/mol. The van der Waals surface area contributed by atoms with Crippen LogP contribution in [0.3, 0.4) is 0 Å². The van der Waals surface area contributed by atoms with E-state index in [-0.39, 0.29) is 23.3 Å². The number of aromatic nitrogens is 6. The van der Waals surface area contributed by atoms with Gasteiger partial charge in [0.15, 0.2) is 11.5 Å². The Balaban J connectivity index is 1.56. The van der Waals surface area contributed by atoms with Crippen LogP contribution in [0.4, 0.5) is 24.9 Å². The molecule has 0 radical (unpaired) electrons. The van der Waals surface area contributed by atoms with Crippen LogP contribution >= 0.6 is 0 Å². The SMILES string of the molecule is Cc1nc2ccc(-c3ccn4nc(N[C@H](C)C5CC5)nc(N)c34)nc2n1CC(F)(F)F. The van der Waals surface area contributed by atoms with E-state index in [1.54, 1.807) is 28.9 Å². The standard InChI is InChI=1S/C20H21F3N8/c1-10(12-3-4-12)25-19-28-17(24)16-13(7-8-31(16)29-19)14-5-6-15-18(27-14)30(11(2)26-15)9-20(21,22)23/h5-8,10,12H,3-4,9H2,1-2H3,(H3,24,25,28,29)/t10-/m1/s1. The maximum atomic E-state index is 13.0. The molecule has 0 bridgehead atoms. The van der Waals surface area contributed by atoms with Crippen LogP contribution < -0.4 is 11.1 Å². The summed E-state index contributed by atoms with van der Waals surface area (Å²) in [4.78, 5) is 13.1. The summed E-state index contributed by atoms with van der Waals surface area (Å²) in [7, 11) is 0. The molecule has 1 atom stereocenters. The smallest absolute Gasteiger partial charge is 0.382 e. The minimum absolute atomic E-state index is 0.169. The Labute approximate surface area is 175 Å². The molecule has 1 aliphatic carbocycles. The lowest BCUT2D eigenvalue weighted by Crippen LogP contribution is -2.20. The van der Waals surface area contributed by atoms with Crippen molar-refractivity contribution in [3.05, 3.63) is 30.2 Å². The molecule has 0 aliphatic heterocycles. The van der Waals surface area contributed by atoms with Crippen LogP contribution in [0.1, 0.15) is 25.6 Å². The number of aryl methyl sites for hydroxylation is 1. The molecule has 0 amide bonds. The van der Waals surface area contributed by atoms with Gasteiger partial charge in [0.1, 0.15) is 23.4 Å². The molecule has 4 heterocycles. The molecule has 0 aromatic carbocycles. The molecule has 5 rings (SSSR count). The summed E-state index contributed by atoms with van der Waals surface area (Å²) in [6.07, 6.45) is -0.256. The second kappa shape index (κ2) is 6.82. The van der Waals surface area contributed by atoms with Crippen molar-refractivity contribution in [1.82, 2.24) is 29.1 Å². The zero-order valence-electron chi connectivity index (χ0n) is 17.0. The number of hydrogen-bond acceptors (Lipinski definition) is 6. The predicted octanol–water partition coefficient (Wildman–Crippen LogP) is 3.80. The molecule has 1 aliphatic rings. The number of anilines is 2. The van der Waals surface area contributed by atoms with Crippen molar-refractivity contribution in [2.75, 3.05) is 11.1 Å². The number of alkyl halides is 3. The summed E-state index contributed by atoms with van der Waals surface area (Å²) >= 11 is 0. The van der Waals surface area contributed by atoms with E-state index in [0.717, 1.165) is 4.57 Å². The second-order valence-corrected chi connectivity index (χ2v) is 8.01. The van der Waals surface area contributed by atoms with Crippen molar-refractivity contribution < 1.29 is 13.2 Å². The molecular formula is C20H21F3N8. The average Bonchev–Trinajstić information content (AvgIpc) is 3.39. The third-order valence-electron chi connectivity index (χ3n) is 5.62. The van der Waals surface area contributed by atoms with Crippen molar-refractivity contribution in [3.63, 3.8) is 0 Å². The Morgan fingerprint density at radius 3 is 2.68 bits per heavy atom. The minimum atomic E-state index is -4.38. The first-order chi connectivity index (χ1) is 14.7. The largest absolute Gasteiger partial charge is 0.406 e. The number of imidazole rings is 1. The van der Waals surface area contributed by atoms with Gasteiger partial charge < -0.3 is 15.6 Å². The van der Waals surface area contributed by atoms with E-state index in [1.807, 2.05) is 0 Å². The number of nitrogens with two attached hydrogens (primary N) is 1. The minimum Gasteiger partial charge on any atom is -0.382 e. The third kappa shape index (κ3) is 3.64. The summed E-state index contributed by atoms with van der Waals surface area (Å²) in [6, 6.07) is 5.40. The fourth-order valence-electron chi connectivity index (χ4n) is 3.87. The highest BCUT2D eigenvalue weighted by Gasteiger charge is 2.30. The highest BCUT2D eigenvalue weighted by molar-refractivity contribution is 5.88. The summed E-state index contributed by atoms with van der Waals surface area (Å²) in [5, 5.41) is 7.77. The van der Waals surface area contributed by atoms with Crippen LogP contribution in [0, 0.1) is 12.8 Å². The van der Waals surface area contributed by atoms with E-state index in [0.29, 0.717) is 34.2 Å². The van der Waals surface area contributed by atoms with Crippen molar-refractivity contribution in [3.8, 4) is 11.3 Å². The Kier molecular flexibility index (Phi) is 4.31. The van der Waals surface area contributed by atoms with Gasteiger partial charge in [0.05, 0.1) is 5.69 Å². The first kappa shape index (κ1) is 19.6. The van der Waals surface area contributed by atoms with Gasteiger partial charge in [0, 0.05) is 17.8 Å². The molecule has 11 heteroatoms. The fraction of sp³-hybridized carbons (Fsp3) is 0.400. The molecule has 1 saturated carbocycles. The van der Waals surface area contributed by atoms with Gasteiger partial charge in [-0.3, -0.25) is 0 Å². The lowest BCUT2D eigenvalue weighted by molar-refractivity contribution is -0.140. The van der Waals surface area contributed by atoms with Gasteiger partial charge in [-0.25, -0.2) is 14.5 Å². The number of nitrogens with one attached hydrogen (secondary N) is 1. The zero-order chi connectivity index (χ0) is 21.9. The monoisotopic (exact) mass is 430 g/mol. The Bertz CT molecular complexity index is 1290. The molecular weight excluding hydrogens is 409 g/mol. The van der Waals surface area contributed by atoms with E-state index in [4.69, 9.17) is 5.73 Å². The zero-order valence-corrected chi connectivity index (χ0v) is 17.0. The summed E-state index contributed by atoms with van der Waals surface area (Å²) in [6.45, 7) is 2.47. The van der Waals surface area contributed by atoms with E-state index in [2.05, 4.69) is 32.3 Å². The summed E-state index contributed by atoms with van der Waals surface area (Å²) in [5.41, 5.74) is 8.46. The van der Waals surface area contributed by atoms with Crippen LogP contribution in [0.15, 0.2) is 24.4 Å². The normalized spacial score (nSPS) is 15.6. The number of halogens is 3. The van der Waals surface area contributed by atoms with Crippen molar-refractivity contribution in [2.45, 2.75) is 45.5 Å². The van der Waals surface area contributed by atoms with Crippen LogP contribution in [0.2, 0.25) is 0 Å². The van der Waals surface area contributed by atoms with E-state index >= 15 is 0 Å². The quantitative estimate of drug-likeness (QED) is 0.500. The highest BCUT2D eigenvalue weighted by atomic mass is 19.4. The van der Waals surface area contributed by atoms with Crippen LogP contribution in [-0.4, -0.2) is 41.4 Å². The maximum absolute atomic E-state index is 13.0. The number of nitrogen functional groups attached to an aromatic ring is 1. The highest BCUT2D eigenvalue weighted by Crippen LogP contribution is 2.34. The van der Waals surface area contributed by atoms with Crippen molar-refractivity contribution >= 4 is 28.4 Å². The molecule has 0 unspecified atom stereocenters. The number of rotatable bonds is 5. The number of nitrogens with zero attached hydrogens (tertiary/aromatic N) is 6. The maximum Gasteiger partial charge on any atom is 0.406 e. The van der Waals surface area contributed by atoms with Crippen molar-refractivity contribution in [2.24, 2.45) is 5.92 Å². The van der Waals surface area contributed by atoms with Gasteiger partial charge in [0.25, 0.3) is 0 Å². The van der Waals surface area contributed by atoms with Gasteiger partial charge in [0.2, 0.25) is 5.95 Å². The molecule has 0 spiro atoms. The Morgan fingerprint density at radius 1 is 1.19 bits per heavy atom. The van der Waals surface area contributed by atoms with E-state index < -0.39 is 12.7 Å². The van der Waals surface area contributed by atoms with Crippen LogP contribution in [-0.2, 0) is 6.54 Å². The molecule has 0 saturated heterocycles. The fourth-order valence-corrected chi connectivity index (χ4v) is 3.87. The van der Waals surface area contributed by atoms with Crippen molar-refractivity contribution in [1.29, 1.82) is 0 Å². The third-order valence-corrected chi connectivity index (χ3v) is 5.62. The molecule has 1 fully saturated rings. The van der Waals surface area contributed by atoms with Crippen LogP contribution in [0.5, 0.6) is 0 Å². The van der Waals surface area contributed by atoms with Gasteiger partial charge in [-0.15, -0.1) is 5.10 Å². The van der Waals surface area contributed by atoms with Gasteiger partial charge in [-0.1, -0.05) is 0 Å². The first-order valence-corrected chi connectivity index (χ1v) is 10.0. The lowest BCUT2D eigenvalue weighted by Gasteiger charge is -2.13. The summed E-state index contributed by atoms with van der Waals surface area (Å²) < 4.78 is 41.8. The van der Waals surface area contributed by atoms with Crippen LogP contribution in [0.25, 0.3) is 27.9 Å². The average molecular weight is 430 g/mol. The topological polar surface area (TPSA) is 98.9 Å². The Hall–Kier alpha value is -3.37. The molecule has 4 aromatic rings. The van der Waals surface area contributed by atoms with E-state index in [1.165, 1.54) is 19.8 Å². The van der Waals surface area contributed by atoms with Gasteiger partial charge in [-0.2, -0.15) is 18.2 Å². The molecule has 162 valence electrons.